The molecule has 1 aliphatic carbocycles. The van der Waals surface area contributed by atoms with Crippen LogP contribution in [0.2, 0.25) is 0 Å². The number of nitrogens with zero attached hydrogens (tertiary/aromatic N) is 3. The molecule has 1 aromatic rings. The molecular formula is C10H16N4O. The lowest BCUT2D eigenvalue weighted by Gasteiger charge is -2.26. The van der Waals surface area contributed by atoms with E-state index in [4.69, 9.17) is 5.73 Å². The van der Waals surface area contributed by atoms with E-state index in [0.29, 0.717) is 5.82 Å². The molecule has 5 nitrogen and oxygen atoms in total. The lowest BCUT2D eigenvalue weighted by atomic mass is 9.82. The minimum atomic E-state index is -0.0679. The second kappa shape index (κ2) is 4.10. The van der Waals surface area contributed by atoms with Gasteiger partial charge in [-0.15, -0.1) is 0 Å². The van der Waals surface area contributed by atoms with E-state index in [-0.39, 0.29) is 17.7 Å². The number of ketones is 1. The lowest BCUT2D eigenvalue weighted by Crippen LogP contribution is -2.38. The Kier molecular flexibility index (Phi) is 2.81. The minimum Gasteiger partial charge on any atom is -0.327 e. The average Bonchev–Trinajstić information content (AvgIpc) is 2.64. The molecule has 0 aliphatic heterocycles. The zero-order valence-corrected chi connectivity index (χ0v) is 8.89. The predicted molar refractivity (Wildman–Crippen MR) is 55.3 cm³/mol. The predicted octanol–water partition coefficient (Wildman–Crippen LogP) is 0.515. The molecule has 0 bridgehead atoms. The van der Waals surface area contributed by atoms with Gasteiger partial charge in [0.15, 0.2) is 5.82 Å². The van der Waals surface area contributed by atoms with Gasteiger partial charge in [-0.25, -0.2) is 9.67 Å². The molecule has 2 N–H and O–H groups in total. The Morgan fingerprint density at radius 3 is 2.87 bits per heavy atom. The molecule has 0 amide bonds. The highest BCUT2D eigenvalue weighted by Crippen LogP contribution is 2.25. The van der Waals surface area contributed by atoms with Crippen molar-refractivity contribution in [1.29, 1.82) is 0 Å². The number of carbonyl (C=O) groups is 1. The van der Waals surface area contributed by atoms with Gasteiger partial charge in [-0.1, -0.05) is 12.8 Å². The Labute approximate surface area is 88.7 Å². The summed E-state index contributed by atoms with van der Waals surface area (Å²) in [7, 11) is 1.73. The van der Waals surface area contributed by atoms with Crippen LogP contribution >= 0.6 is 0 Å². The van der Waals surface area contributed by atoms with Crippen LogP contribution in [-0.2, 0) is 7.05 Å². The Bertz CT molecular complexity index is 360. The first-order valence-corrected chi connectivity index (χ1v) is 5.34. The smallest absolute Gasteiger partial charge is 0.204 e. The highest BCUT2D eigenvalue weighted by Gasteiger charge is 2.31. The van der Waals surface area contributed by atoms with Gasteiger partial charge >= 0.3 is 0 Å². The van der Waals surface area contributed by atoms with Crippen molar-refractivity contribution >= 4 is 5.78 Å². The Hall–Kier alpha value is -1.23. The number of Topliss-reactive ketones (excluding diaryl/α,β-unsaturated/α-hetero) is 1. The fourth-order valence-corrected chi connectivity index (χ4v) is 2.17. The van der Waals surface area contributed by atoms with Gasteiger partial charge in [0, 0.05) is 19.0 Å². The quantitative estimate of drug-likeness (QED) is 0.719. The van der Waals surface area contributed by atoms with Crippen molar-refractivity contribution in [2.24, 2.45) is 18.7 Å². The lowest BCUT2D eigenvalue weighted by molar-refractivity contribution is 0.0855. The van der Waals surface area contributed by atoms with Crippen molar-refractivity contribution in [2.45, 2.75) is 31.7 Å². The summed E-state index contributed by atoms with van der Waals surface area (Å²) >= 11 is 0. The summed E-state index contributed by atoms with van der Waals surface area (Å²) in [6.45, 7) is 0. The van der Waals surface area contributed by atoms with Crippen LogP contribution in [0.25, 0.3) is 0 Å². The largest absolute Gasteiger partial charge is 0.327 e. The number of rotatable bonds is 2. The number of hydrogen-bond acceptors (Lipinski definition) is 4. The zero-order chi connectivity index (χ0) is 10.8. The molecule has 1 saturated carbocycles. The van der Waals surface area contributed by atoms with Crippen molar-refractivity contribution < 1.29 is 4.79 Å². The van der Waals surface area contributed by atoms with E-state index >= 15 is 0 Å². The first kappa shape index (κ1) is 10.3. The molecule has 2 rings (SSSR count). The Balaban J connectivity index is 2.17. The summed E-state index contributed by atoms with van der Waals surface area (Å²) in [6, 6.07) is -0.0112. The SMILES string of the molecule is Cn1ncnc1C(=O)C1CCCCC1N. The second-order valence-electron chi connectivity index (χ2n) is 4.13. The van der Waals surface area contributed by atoms with Gasteiger partial charge in [0.25, 0.3) is 0 Å². The van der Waals surface area contributed by atoms with Gasteiger partial charge in [-0.05, 0) is 12.8 Å². The molecule has 0 saturated heterocycles. The maximum atomic E-state index is 12.1. The molecule has 2 atom stereocenters. The first-order valence-electron chi connectivity index (χ1n) is 5.34. The molecule has 1 aliphatic rings. The third kappa shape index (κ3) is 1.92. The van der Waals surface area contributed by atoms with E-state index in [1.165, 1.54) is 11.0 Å². The van der Waals surface area contributed by atoms with E-state index in [1.807, 2.05) is 0 Å². The van der Waals surface area contributed by atoms with Crippen LogP contribution in [0.3, 0.4) is 0 Å². The fourth-order valence-electron chi connectivity index (χ4n) is 2.17. The van der Waals surface area contributed by atoms with Crippen LogP contribution < -0.4 is 5.73 Å². The van der Waals surface area contributed by atoms with Gasteiger partial charge in [0.1, 0.15) is 6.33 Å². The van der Waals surface area contributed by atoms with E-state index < -0.39 is 0 Å². The molecule has 5 heteroatoms. The van der Waals surface area contributed by atoms with Crippen molar-refractivity contribution in [1.82, 2.24) is 14.8 Å². The van der Waals surface area contributed by atoms with Gasteiger partial charge in [0.05, 0.1) is 0 Å². The van der Waals surface area contributed by atoms with Crippen LogP contribution in [-0.4, -0.2) is 26.6 Å². The van der Waals surface area contributed by atoms with E-state index in [1.54, 1.807) is 7.05 Å². The molecule has 82 valence electrons. The van der Waals surface area contributed by atoms with Gasteiger partial charge in [0.2, 0.25) is 5.78 Å². The minimum absolute atomic E-state index is 0.0112. The summed E-state index contributed by atoms with van der Waals surface area (Å²) in [5.41, 5.74) is 5.96. The molecule has 1 aromatic heterocycles. The van der Waals surface area contributed by atoms with E-state index in [2.05, 4.69) is 10.1 Å². The Morgan fingerprint density at radius 2 is 2.27 bits per heavy atom. The summed E-state index contributed by atoms with van der Waals surface area (Å²) in [5, 5.41) is 3.90. The van der Waals surface area contributed by atoms with Crippen molar-refractivity contribution in [3.8, 4) is 0 Å². The number of carbonyl (C=O) groups excluding carboxylic acids is 1. The van der Waals surface area contributed by atoms with Crippen LogP contribution in [0.5, 0.6) is 0 Å². The van der Waals surface area contributed by atoms with Crippen molar-refractivity contribution in [3.05, 3.63) is 12.2 Å². The van der Waals surface area contributed by atoms with Crippen molar-refractivity contribution in [3.63, 3.8) is 0 Å². The van der Waals surface area contributed by atoms with Gasteiger partial charge in [-0.2, -0.15) is 5.10 Å². The number of nitrogens with two attached hydrogens (primary N) is 1. The third-order valence-corrected chi connectivity index (χ3v) is 3.09. The molecule has 1 heterocycles. The fraction of sp³-hybridized carbons (Fsp3) is 0.700. The van der Waals surface area contributed by atoms with Crippen LogP contribution in [0, 0.1) is 5.92 Å². The summed E-state index contributed by atoms with van der Waals surface area (Å²) < 4.78 is 1.52. The molecule has 15 heavy (non-hydrogen) atoms. The number of aryl methyl sites for hydroxylation is 1. The van der Waals surface area contributed by atoms with E-state index in [9.17, 15) is 4.79 Å². The maximum absolute atomic E-state index is 12.1. The molecular weight excluding hydrogens is 192 g/mol. The van der Waals surface area contributed by atoms with E-state index in [0.717, 1.165) is 25.7 Å². The molecule has 0 spiro atoms. The third-order valence-electron chi connectivity index (χ3n) is 3.09. The monoisotopic (exact) mass is 208 g/mol. The van der Waals surface area contributed by atoms with Crippen molar-refractivity contribution in [2.75, 3.05) is 0 Å². The normalized spacial score (nSPS) is 26.5. The average molecular weight is 208 g/mol. The van der Waals surface area contributed by atoms with Crippen LogP contribution in [0.15, 0.2) is 6.33 Å². The Morgan fingerprint density at radius 1 is 1.53 bits per heavy atom. The first-order chi connectivity index (χ1) is 7.20. The van der Waals surface area contributed by atoms with Gasteiger partial charge in [-0.3, -0.25) is 4.79 Å². The van der Waals surface area contributed by atoms with Crippen LogP contribution in [0.4, 0.5) is 0 Å². The standard InChI is InChI=1S/C10H16N4O/c1-14-10(12-6-13-14)9(15)7-4-2-3-5-8(7)11/h6-8H,2-5,11H2,1H3. The molecule has 0 radical (unpaired) electrons. The molecule has 0 aromatic carbocycles. The summed E-state index contributed by atoms with van der Waals surface area (Å²) in [5.74, 6) is 0.404. The number of aromatic nitrogens is 3. The zero-order valence-electron chi connectivity index (χ0n) is 8.89. The van der Waals surface area contributed by atoms with Crippen LogP contribution in [0.1, 0.15) is 36.3 Å². The molecule has 2 unspecified atom stereocenters. The summed E-state index contributed by atoms with van der Waals surface area (Å²) in [4.78, 5) is 16.1. The maximum Gasteiger partial charge on any atom is 0.204 e. The topological polar surface area (TPSA) is 73.8 Å². The highest BCUT2D eigenvalue weighted by atomic mass is 16.1. The summed E-state index contributed by atoms with van der Waals surface area (Å²) in [6.07, 6.45) is 5.44. The van der Waals surface area contributed by atoms with Gasteiger partial charge < -0.3 is 5.73 Å². The second-order valence-corrected chi connectivity index (χ2v) is 4.13. The number of hydrogen-bond donors (Lipinski definition) is 1. The molecule has 1 fully saturated rings. The highest BCUT2D eigenvalue weighted by molar-refractivity contribution is 5.95.